The number of rotatable bonds is 12. The van der Waals surface area contributed by atoms with Crippen molar-refractivity contribution in [1.29, 1.82) is 0 Å². The molecule has 0 radical (unpaired) electrons. The van der Waals surface area contributed by atoms with Gasteiger partial charge in [-0.05, 0) is 0 Å². The second-order valence-corrected chi connectivity index (χ2v) is 20.9. The van der Waals surface area contributed by atoms with E-state index < -0.39 is 30.6 Å². The molecule has 7 nitrogen and oxygen atoms in total. The zero-order valence-electron chi connectivity index (χ0n) is 25.2. The summed E-state index contributed by atoms with van der Waals surface area (Å²) in [4.78, 5) is 20.7. The summed E-state index contributed by atoms with van der Waals surface area (Å²) in [7, 11) is -18.5. The fourth-order valence-electron chi connectivity index (χ4n) is 5.87. The van der Waals surface area contributed by atoms with Gasteiger partial charge in [0.2, 0.25) is 0 Å². The molecule has 0 amide bonds. The van der Waals surface area contributed by atoms with Crippen LogP contribution in [0.1, 0.15) is 0 Å². The van der Waals surface area contributed by atoms with E-state index in [-0.39, 0.29) is 0 Å². The van der Waals surface area contributed by atoms with E-state index in [1.165, 1.54) is 0 Å². The standard InChI is InChI=1S/C36H34O7P4/c37-46(38,39)43-47(40,41-44(31-19-7-1-8-20-31,32-21-9-2-10-22-32)33-23-11-3-12-24-33)42-45(34-25-13-4-14-26-34,35-27-15-5-16-28-35)36-29-17-6-18-30-36/h1-30,44-45H,(H2,37,38,39). The summed E-state index contributed by atoms with van der Waals surface area (Å²) in [6.45, 7) is 0. The van der Waals surface area contributed by atoms with E-state index in [0.29, 0.717) is 31.8 Å². The Morgan fingerprint density at radius 1 is 0.362 bits per heavy atom. The minimum absolute atomic E-state index is 0.682. The molecule has 2 N–H and O–H groups in total. The predicted molar refractivity (Wildman–Crippen MR) is 196 cm³/mol. The summed E-state index contributed by atoms with van der Waals surface area (Å²) in [5, 5.41) is 4.09. The van der Waals surface area contributed by atoms with Crippen LogP contribution in [-0.2, 0) is 22.1 Å². The van der Waals surface area contributed by atoms with E-state index in [4.69, 9.17) is 12.9 Å². The monoisotopic (exact) mass is 702 g/mol. The first-order chi connectivity index (χ1) is 22.8. The molecule has 0 heterocycles. The summed E-state index contributed by atoms with van der Waals surface area (Å²) < 4.78 is 47.5. The first-order valence-corrected chi connectivity index (χ1v) is 21.7. The van der Waals surface area contributed by atoms with Crippen molar-refractivity contribution in [2.45, 2.75) is 0 Å². The van der Waals surface area contributed by atoms with Gasteiger partial charge in [-0.1, -0.05) is 0 Å². The Hall–Kier alpha value is -3.56. The number of hydrogen-bond donors (Lipinski definition) is 2. The SMILES string of the molecule is O=P(O)(O)OP(=O)(O[PH](c1ccccc1)(c1ccccc1)c1ccccc1)O[PH](c1ccccc1)(c1ccccc1)c1ccccc1. The normalized spacial score (nSPS) is 14.2. The van der Waals surface area contributed by atoms with Gasteiger partial charge in [0, 0.05) is 0 Å². The molecule has 0 aliphatic heterocycles. The van der Waals surface area contributed by atoms with Crippen LogP contribution >= 0.6 is 30.6 Å². The van der Waals surface area contributed by atoms with Gasteiger partial charge in [-0.3, -0.25) is 0 Å². The molecular weight excluding hydrogens is 668 g/mol. The molecule has 240 valence electrons. The molecule has 0 aliphatic carbocycles. The molecular formula is C36H34O7P4. The Bertz CT molecular complexity index is 1650. The van der Waals surface area contributed by atoms with E-state index >= 15 is 4.57 Å². The predicted octanol–water partition coefficient (Wildman–Crippen LogP) is 6.52. The van der Waals surface area contributed by atoms with Crippen LogP contribution < -0.4 is 31.8 Å². The second kappa shape index (κ2) is 14.3. The van der Waals surface area contributed by atoms with Crippen LogP contribution in [0, 0.1) is 0 Å². The van der Waals surface area contributed by atoms with Crippen LogP contribution in [0.25, 0.3) is 0 Å². The van der Waals surface area contributed by atoms with Gasteiger partial charge in [-0.25, -0.2) is 0 Å². The maximum atomic E-state index is 15.6. The summed E-state index contributed by atoms with van der Waals surface area (Å²) in [5.74, 6) is 0. The van der Waals surface area contributed by atoms with Crippen LogP contribution in [0.5, 0.6) is 0 Å². The van der Waals surface area contributed by atoms with Gasteiger partial charge in [-0.2, -0.15) is 0 Å². The quantitative estimate of drug-likeness (QED) is 0.140. The van der Waals surface area contributed by atoms with Crippen LogP contribution in [0.4, 0.5) is 0 Å². The van der Waals surface area contributed by atoms with E-state index in [9.17, 15) is 14.4 Å². The van der Waals surface area contributed by atoms with Crippen molar-refractivity contribution in [2.24, 2.45) is 0 Å². The topological polar surface area (TPSA) is 102 Å². The van der Waals surface area contributed by atoms with E-state index in [1.54, 1.807) is 0 Å². The van der Waals surface area contributed by atoms with E-state index in [0.717, 1.165) is 0 Å². The number of benzene rings is 6. The molecule has 0 unspecified atom stereocenters. The second-order valence-electron chi connectivity index (χ2n) is 10.8. The van der Waals surface area contributed by atoms with Crippen molar-refractivity contribution < 1.29 is 31.8 Å². The van der Waals surface area contributed by atoms with Gasteiger partial charge in [-0.15, -0.1) is 0 Å². The average molecular weight is 703 g/mol. The minimum atomic E-state index is -5.48. The molecule has 0 saturated carbocycles. The van der Waals surface area contributed by atoms with Gasteiger partial charge >= 0.3 is 276 Å². The van der Waals surface area contributed by atoms with Gasteiger partial charge in [0.1, 0.15) is 0 Å². The van der Waals surface area contributed by atoms with Crippen LogP contribution in [0.15, 0.2) is 182 Å². The van der Waals surface area contributed by atoms with Crippen molar-refractivity contribution in [1.82, 2.24) is 0 Å². The fourth-order valence-corrected chi connectivity index (χ4v) is 19.4. The molecule has 0 fully saturated rings. The van der Waals surface area contributed by atoms with Crippen molar-refractivity contribution in [2.75, 3.05) is 0 Å². The Morgan fingerprint density at radius 3 is 0.723 bits per heavy atom. The zero-order chi connectivity index (χ0) is 32.8. The first-order valence-electron chi connectivity index (χ1n) is 14.9. The summed E-state index contributed by atoms with van der Waals surface area (Å²) >= 11 is 0. The molecule has 47 heavy (non-hydrogen) atoms. The third-order valence-corrected chi connectivity index (χ3v) is 20.3. The zero-order valence-corrected chi connectivity index (χ0v) is 28.9. The molecule has 0 atom stereocenters. The molecule has 6 rings (SSSR count). The number of hydrogen-bond acceptors (Lipinski definition) is 5. The Balaban J connectivity index is 1.67. The van der Waals surface area contributed by atoms with E-state index in [2.05, 4.69) is 0 Å². The van der Waals surface area contributed by atoms with E-state index in [1.807, 2.05) is 182 Å². The van der Waals surface area contributed by atoms with Crippen molar-refractivity contribution in [3.63, 3.8) is 0 Å². The maximum absolute atomic E-state index is 15.6. The third kappa shape index (κ3) is 7.16. The van der Waals surface area contributed by atoms with Crippen LogP contribution in [0.3, 0.4) is 0 Å². The molecule has 11 heteroatoms. The Kier molecular flexibility index (Phi) is 10.1. The molecule has 0 saturated heterocycles. The molecule has 6 aromatic carbocycles. The van der Waals surface area contributed by atoms with Gasteiger partial charge in [0.25, 0.3) is 0 Å². The average Bonchev–Trinajstić information content (AvgIpc) is 3.11. The molecule has 0 aromatic heterocycles. The van der Waals surface area contributed by atoms with Crippen LogP contribution in [0.2, 0.25) is 0 Å². The van der Waals surface area contributed by atoms with Crippen molar-refractivity contribution in [3.8, 4) is 0 Å². The Labute approximate surface area is 275 Å². The third-order valence-electron chi connectivity index (χ3n) is 7.79. The van der Waals surface area contributed by atoms with Gasteiger partial charge < -0.3 is 0 Å². The van der Waals surface area contributed by atoms with Crippen LogP contribution in [-0.4, -0.2) is 9.79 Å². The first kappa shape index (κ1) is 33.3. The Morgan fingerprint density at radius 2 is 0.553 bits per heavy atom. The summed E-state index contributed by atoms with van der Waals surface area (Å²) in [6, 6.07) is 55.7. The fraction of sp³-hybridized carbons (Fsp3) is 0. The van der Waals surface area contributed by atoms with Crippen molar-refractivity contribution in [3.05, 3.63) is 182 Å². The molecule has 0 bridgehead atoms. The molecule has 0 aliphatic rings. The molecule has 0 spiro atoms. The summed E-state index contributed by atoms with van der Waals surface area (Å²) in [5.41, 5.74) is 0. The summed E-state index contributed by atoms with van der Waals surface area (Å²) in [6.07, 6.45) is 0. The van der Waals surface area contributed by atoms with Crippen molar-refractivity contribution >= 4 is 62.5 Å². The van der Waals surface area contributed by atoms with Gasteiger partial charge in [0.05, 0.1) is 0 Å². The number of phosphoric acid groups is 2. The molecule has 6 aromatic rings. The van der Waals surface area contributed by atoms with Gasteiger partial charge in [0.15, 0.2) is 0 Å².